The maximum atomic E-state index is 12.7. The molecular formula is C45H90NO8P. The fraction of sp³-hybridized carbons (Fsp3) is 0.956. The molecule has 2 atom stereocenters. The number of carbonyl (C=O) groups excluding carboxylic acids is 2. The molecule has 0 saturated carbocycles. The van der Waals surface area contributed by atoms with Gasteiger partial charge >= 0.3 is 11.9 Å². The zero-order valence-electron chi connectivity index (χ0n) is 36.9. The average molecular weight is 804 g/mol. The van der Waals surface area contributed by atoms with Gasteiger partial charge in [0.1, 0.15) is 19.8 Å². The van der Waals surface area contributed by atoms with E-state index in [2.05, 4.69) is 13.8 Å². The second-order valence-electron chi connectivity index (χ2n) is 17.1. The molecule has 0 aromatic carbocycles. The SMILES string of the molecule is CCCCCCCCCCCCCCCCCCC(=O)OC[C@H](COP(=O)([O-])OCC[N+](C)(C)C)OC(=O)CCCCCCCCCCCCCCCCC. The van der Waals surface area contributed by atoms with Gasteiger partial charge in [-0.1, -0.05) is 200 Å². The highest BCUT2D eigenvalue weighted by Crippen LogP contribution is 2.38. The number of rotatable bonds is 43. The second-order valence-corrected chi connectivity index (χ2v) is 18.5. The molecule has 0 fully saturated rings. The molecule has 0 saturated heterocycles. The molecule has 0 radical (unpaired) electrons. The Morgan fingerprint density at radius 2 is 0.818 bits per heavy atom. The van der Waals surface area contributed by atoms with Crippen LogP contribution in [0.1, 0.15) is 226 Å². The zero-order chi connectivity index (χ0) is 40.7. The Hall–Kier alpha value is -0.990. The van der Waals surface area contributed by atoms with Gasteiger partial charge < -0.3 is 27.9 Å². The summed E-state index contributed by atoms with van der Waals surface area (Å²) in [6, 6.07) is 0. The molecule has 0 aromatic rings. The molecule has 9 nitrogen and oxygen atoms in total. The summed E-state index contributed by atoms with van der Waals surface area (Å²) in [5.74, 6) is -0.817. The summed E-state index contributed by atoms with van der Waals surface area (Å²) in [6.45, 7) is 4.27. The number of quaternary nitrogens is 1. The zero-order valence-corrected chi connectivity index (χ0v) is 37.8. The van der Waals surface area contributed by atoms with Gasteiger partial charge in [-0.15, -0.1) is 0 Å². The van der Waals surface area contributed by atoms with Crippen molar-refractivity contribution in [2.45, 2.75) is 232 Å². The summed E-state index contributed by atoms with van der Waals surface area (Å²) in [7, 11) is 1.18. The Labute approximate surface area is 340 Å². The van der Waals surface area contributed by atoms with Gasteiger partial charge in [0, 0.05) is 12.8 Å². The number of unbranched alkanes of at least 4 members (excludes halogenated alkanes) is 29. The maximum Gasteiger partial charge on any atom is 0.306 e. The predicted octanol–water partition coefficient (Wildman–Crippen LogP) is 12.6. The fourth-order valence-electron chi connectivity index (χ4n) is 6.72. The van der Waals surface area contributed by atoms with Crippen molar-refractivity contribution in [2.24, 2.45) is 0 Å². The van der Waals surface area contributed by atoms with Gasteiger partial charge in [-0.2, -0.15) is 0 Å². The highest BCUT2D eigenvalue weighted by Gasteiger charge is 2.21. The van der Waals surface area contributed by atoms with Crippen LogP contribution in [0.25, 0.3) is 0 Å². The molecule has 0 N–H and O–H groups in total. The molecule has 0 aliphatic heterocycles. The van der Waals surface area contributed by atoms with Gasteiger partial charge in [0.2, 0.25) is 0 Å². The van der Waals surface area contributed by atoms with Gasteiger partial charge in [0.25, 0.3) is 7.82 Å². The first kappa shape index (κ1) is 54.0. The molecule has 0 spiro atoms. The van der Waals surface area contributed by atoms with Crippen molar-refractivity contribution in [1.29, 1.82) is 0 Å². The molecule has 1 unspecified atom stereocenters. The van der Waals surface area contributed by atoms with Crippen LogP contribution in [0.2, 0.25) is 0 Å². The van der Waals surface area contributed by atoms with E-state index >= 15 is 0 Å². The molecule has 0 rings (SSSR count). The molecule has 0 heterocycles. The number of hydrogen-bond acceptors (Lipinski definition) is 8. The Balaban J connectivity index is 4.28. The van der Waals surface area contributed by atoms with Crippen LogP contribution in [0, 0.1) is 0 Å². The Bertz CT molecular complexity index is 912. The van der Waals surface area contributed by atoms with E-state index in [1.54, 1.807) is 0 Å². The van der Waals surface area contributed by atoms with E-state index in [-0.39, 0.29) is 32.0 Å². The van der Waals surface area contributed by atoms with E-state index in [1.807, 2.05) is 21.1 Å². The van der Waals surface area contributed by atoms with Crippen molar-refractivity contribution < 1.29 is 42.1 Å². The number of esters is 2. The third kappa shape index (κ3) is 42.4. The number of carbonyl (C=O) groups is 2. The van der Waals surface area contributed by atoms with Crippen LogP contribution in [0.4, 0.5) is 0 Å². The van der Waals surface area contributed by atoms with Gasteiger partial charge in [0.15, 0.2) is 6.10 Å². The van der Waals surface area contributed by atoms with Crippen molar-refractivity contribution in [1.82, 2.24) is 0 Å². The average Bonchev–Trinajstić information content (AvgIpc) is 3.13. The maximum absolute atomic E-state index is 12.7. The lowest BCUT2D eigenvalue weighted by Crippen LogP contribution is -2.37. The Kier molecular flexibility index (Phi) is 37.8. The minimum Gasteiger partial charge on any atom is -0.756 e. The van der Waals surface area contributed by atoms with Crippen molar-refractivity contribution in [3.05, 3.63) is 0 Å². The summed E-state index contributed by atoms with van der Waals surface area (Å²) in [6.07, 6.45) is 38.3. The lowest BCUT2D eigenvalue weighted by atomic mass is 10.0. The van der Waals surface area contributed by atoms with Crippen molar-refractivity contribution >= 4 is 19.8 Å². The van der Waals surface area contributed by atoms with E-state index in [1.165, 1.54) is 161 Å². The van der Waals surface area contributed by atoms with Crippen molar-refractivity contribution in [2.75, 3.05) is 47.5 Å². The van der Waals surface area contributed by atoms with Crippen LogP contribution < -0.4 is 4.89 Å². The summed E-state index contributed by atoms with van der Waals surface area (Å²) >= 11 is 0. The van der Waals surface area contributed by atoms with Crippen LogP contribution >= 0.6 is 7.82 Å². The van der Waals surface area contributed by atoms with Crippen LogP contribution in [0.5, 0.6) is 0 Å². The largest absolute Gasteiger partial charge is 0.756 e. The number of phosphoric acid groups is 1. The van der Waals surface area contributed by atoms with Crippen molar-refractivity contribution in [3.63, 3.8) is 0 Å². The molecule has 0 aliphatic rings. The first-order chi connectivity index (χ1) is 26.5. The lowest BCUT2D eigenvalue weighted by molar-refractivity contribution is -0.870. The van der Waals surface area contributed by atoms with E-state index in [9.17, 15) is 19.0 Å². The van der Waals surface area contributed by atoms with E-state index < -0.39 is 26.5 Å². The normalized spacial score (nSPS) is 13.5. The molecular weight excluding hydrogens is 713 g/mol. The molecule has 0 aliphatic carbocycles. The quantitative estimate of drug-likeness (QED) is 0.0259. The third-order valence-electron chi connectivity index (χ3n) is 10.4. The smallest absolute Gasteiger partial charge is 0.306 e. The topological polar surface area (TPSA) is 111 Å². The van der Waals surface area contributed by atoms with Gasteiger partial charge in [-0.05, 0) is 12.8 Å². The van der Waals surface area contributed by atoms with Gasteiger partial charge in [0.05, 0.1) is 27.7 Å². The van der Waals surface area contributed by atoms with Crippen molar-refractivity contribution in [3.8, 4) is 0 Å². The molecule has 10 heteroatoms. The Morgan fingerprint density at radius 1 is 0.491 bits per heavy atom. The highest BCUT2D eigenvalue weighted by molar-refractivity contribution is 7.45. The first-order valence-corrected chi connectivity index (χ1v) is 24.7. The molecule has 0 aromatic heterocycles. The number of hydrogen-bond donors (Lipinski definition) is 0. The van der Waals surface area contributed by atoms with Crippen LogP contribution in [0.15, 0.2) is 0 Å². The summed E-state index contributed by atoms with van der Waals surface area (Å²) in [4.78, 5) is 37.6. The first-order valence-electron chi connectivity index (χ1n) is 23.2. The van der Waals surface area contributed by atoms with Gasteiger partial charge in [-0.3, -0.25) is 14.2 Å². The van der Waals surface area contributed by atoms with E-state index in [4.69, 9.17) is 18.5 Å². The number of phosphoric ester groups is 1. The molecule has 328 valence electrons. The second kappa shape index (κ2) is 38.5. The molecule has 0 amide bonds. The number of likely N-dealkylation sites (N-methyl/N-ethyl adjacent to an activating group) is 1. The standard InChI is InChI=1S/C45H90NO8P/c1-6-8-10-12-14-16-18-20-22-24-25-27-29-31-33-35-37-44(47)51-41-43(42-53-55(49,50)52-40-39-46(3,4)5)54-45(48)38-36-34-32-30-28-26-23-21-19-17-15-13-11-9-7-2/h43H,6-42H2,1-5H3/t43-/m1/s1. The van der Waals surface area contributed by atoms with E-state index in [0.717, 1.165) is 32.1 Å². The van der Waals surface area contributed by atoms with Crippen LogP contribution in [-0.2, 0) is 32.7 Å². The summed E-state index contributed by atoms with van der Waals surface area (Å²) < 4.78 is 34.0. The van der Waals surface area contributed by atoms with Gasteiger partial charge in [-0.25, -0.2) is 0 Å². The molecule has 0 bridgehead atoms. The highest BCUT2D eigenvalue weighted by atomic mass is 31.2. The minimum atomic E-state index is -4.62. The van der Waals surface area contributed by atoms with E-state index in [0.29, 0.717) is 17.4 Å². The lowest BCUT2D eigenvalue weighted by Gasteiger charge is -2.28. The minimum absolute atomic E-state index is 0.0256. The predicted molar refractivity (Wildman–Crippen MR) is 227 cm³/mol. The third-order valence-corrected chi connectivity index (χ3v) is 11.3. The summed E-state index contributed by atoms with van der Waals surface area (Å²) in [5.41, 5.74) is 0. The Morgan fingerprint density at radius 3 is 1.16 bits per heavy atom. The fourth-order valence-corrected chi connectivity index (χ4v) is 7.44. The van der Waals surface area contributed by atoms with Crippen LogP contribution in [0.3, 0.4) is 0 Å². The van der Waals surface area contributed by atoms with Crippen LogP contribution in [-0.4, -0.2) is 70.0 Å². The monoisotopic (exact) mass is 804 g/mol. The molecule has 55 heavy (non-hydrogen) atoms. The number of nitrogens with zero attached hydrogens (tertiary/aromatic N) is 1. The summed E-state index contributed by atoms with van der Waals surface area (Å²) in [5, 5.41) is 0. The number of ether oxygens (including phenoxy) is 2.